The molecule has 0 aliphatic carbocycles. The zero-order valence-corrected chi connectivity index (χ0v) is 15.0. The van der Waals surface area contributed by atoms with E-state index in [0.717, 1.165) is 22.0 Å². The van der Waals surface area contributed by atoms with Crippen molar-refractivity contribution in [1.29, 1.82) is 0 Å². The van der Waals surface area contributed by atoms with Crippen LogP contribution in [0.4, 0.5) is 11.4 Å². The van der Waals surface area contributed by atoms with E-state index in [1.807, 2.05) is 55.5 Å². The Kier molecular flexibility index (Phi) is 5.53. The van der Waals surface area contributed by atoms with Gasteiger partial charge < -0.3 is 5.32 Å². The van der Waals surface area contributed by atoms with E-state index < -0.39 is 4.92 Å². The van der Waals surface area contributed by atoms with Crippen LogP contribution in [-0.4, -0.2) is 16.6 Å². The normalized spacial score (nSPS) is 11.9. The Bertz CT molecular complexity index is 958. The third-order valence-corrected chi connectivity index (χ3v) is 5.25. The molecule has 5 nitrogen and oxygen atoms in total. The predicted molar refractivity (Wildman–Crippen MR) is 107 cm³/mol. The van der Waals surface area contributed by atoms with E-state index in [0.29, 0.717) is 0 Å². The van der Waals surface area contributed by atoms with Crippen LogP contribution in [0, 0.1) is 10.1 Å². The molecule has 26 heavy (non-hydrogen) atoms. The maximum absolute atomic E-state index is 12.2. The Labute approximate surface area is 155 Å². The van der Waals surface area contributed by atoms with Crippen LogP contribution in [0.25, 0.3) is 10.8 Å². The van der Waals surface area contributed by atoms with Gasteiger partial charge in [0.1, 0.15) is 0 Å². The second kappa shape index (κ2) is 8.01. The van der Waals surface area contributed by atoms with E-state index in [1.165, 1.54) is 17.8 Å². The first-order chi connectivity index (χ1) is 12.5. The molecule has 3 rings (SSSR count). The highest BCUT2D eigenvalue weighted by molar-refractivity contribution is 8.00. The largest absolute Gasteiger partial charge is 0.325 e. The average Bonchev–Trinajstić information content (AvgIpc) is 2.66. The van der Waals surface area contributed by atoms with Crippen molar-refractivity contribution in [3.63, 3.8) is 0 Å². The molecule has 0 aromatic heterocycles. The summed E-state index contributed by atoms with van der Waals surface area (Å²) < 4.78 is 0. The predicted octanol–water partition coefficient (Wildman–Crippen LogP) is 5.18. The molecule has 0 radical (unpaired) electrons. The fourth-order valence-electron chi connectivity index (χ4n) is 2.65. The van der Waals surface area contributed by atoms with Crippen molar-refractivity contribution in [1.82, 2.24) is 0 Å². The lowest BCUT2D eigenvalue weighted by molar-refractivity contribution is -0.384. The van der Waals surface area contributed by atoms with Crippen molar-refractivity contribution >= 4 is 39.8 Å². The summed E-state index contributed by atoms with van der Waals surface area (Å²) in [5.41, 5.74) is 1.66. The van der Waals surface area contributed by atoms with E-state index in [2.05, 4.69) is 5.32 Å². The molecule has 0 fully saturated rings. The highest BCUT2D eigenvalue weighted by Gasteiger charge is 2.13. The van der Waals surface area contributed by atoms with Gasteiger partial charge in [-0.15, -0.1) is 11.8 Å². The average molecular weight is 366 g/mol. The third kappa shape index (κ3) is 4.40. The fourth-order valence-corrected chi connectivity index (χ4v) is 3.46. The summed E-state index contributed by atoms with van der Waals surface area (Å²) in [6, 6.07) is 20.3. The number of nitrogens with zero attached hydrogens (tertiary/aromatic N) is 1. The number of nitro groups is 1. The van der Waals surface area contributed by atoms with Gasteiger partial charge in [-0.2, -0.15) is 0 Å². The van der Waals surface area contributed by atoms with E-state index in [4.69, 9.17) is 0 Å². The quantitative estimate of drug-likeness (QED) is 0.482. The summed E-state index contributed by atoms with van der Waals surface area (Å²) in [5, 5.41) is 16.0. The van der Waals surface area contributed by atoms with Crippen LogP contribution in [0.15, 0.2) is 66.7 Å². The van der Waals surface area contributed by atoms with Crippen molar-refractivity contribution < 1.29 is 9.72 Å². The van der Waals surface area contributed by atoms with Gasteiger partial charge in [0, 0.05) is 23.1 Å². The molecule has 1 atom stereocenters. The van der Waals surface area contributed by atoms with Gasteiger partial charge in [0.05, 0.1) is 10.7 Å². The minimum Gasteiger partial charge on any atom is -0.325 e. The summed E-state index contributed by atoms with van der Waals surface area (Å²) in [5.74, 6) is 0.180. The number of thioether (sulfide) groups is 1. The van der Waals surface area contributed by atoms with Gasteiger partial charge in [-0.3, -0.25) is 14.9 Å². The molecular formula is C20H18N2O3S. The number of anilines is 1. The molecule has 3 aromatic carbocycles. The smallest absolute Gasteiger partial charge is 0.269 e. The number of nitro benzene ring substituents is 1. The van der Waals surface area contributed by atoms with Crippen LogP contribution in [0.2, 0.25) is 0 Å². The highest BCUT2D eigenvalue weighted by Crippen LogP contribution is 2.30. The van der Waals surface area contributed by atoms with Crippen molar-refractivity contribution in [3.8, 4) is 0 Å². The number of carbonyl (C=O) groups is 1. The molecule has 0 saturated carbocycles. The number of carbonyl (C=O) groups excluding carboxylic acids is 1. The van der Waals surface area contributed by atoms with Crippen LogP contribution >= 0.6 is 11.8 Å². The van der Waals surface area contributed by atoms with Gasteiger partial charge in [-0.05, 0) is 35.4 Å². The minimum absolute atomic E-state index is 0.0164. The SMILES string of the molecule is C[C@@H](SCC(=O)Nc1ccc2ccccc2c1)c1cccc([N+](=O)[O-])c1. The number of hydrogen-bond acceptors (Lipinski definition) is 4. The topological polar surface area (TPSA) is 72.2 Å². The summed E-state index contributed by atoms with van der Waals surface area (Å²) in [6.07, 6.45) is 0. The summed E-state index contributed by atoms with van der Waals surface area (Å²) in [6.45, 7) is 1.94. The van der Waals surface area contributed by atoms with Gasteiger partial charge >= 0.3 is 0 Å². The van der Waals surface area contributed by atoms with E-state index >= 15 is 0 Å². The van der Waals surface area contributed by atoms with Crippen LogP contribution < -0.4 is 5.32 Å². The van der Waals surface area contributed by atoms with Gasteiger partial charge in [0.25, 0.3) is 5.69 Å². The molecule has 0 aliphatic rings. The first kappa shape index (κ1) is 17.9. The molecule has 1 N–H and O–H groups in total. The molecular weight excluding hydrogens is 348 g/mol. The Morgan fingerprint density at radius 1 is 1.08 bits per heavy atom. The highest BCUT2D eigenvalue weighted by atomic mass is 32.2. The van der Waals surface area contributed by atoms with Gasteiger partial charge in [-0.1, -0.05) is 42.5 Å². The Hall–Kier alpha value is -2.86. The van der Waals surface area contributed by atoms with Gasteiger partial charge in [0.2, 0.25) is 5.91 Å². The zero-order chi connectivity index (χ0) is 18.5. The second-order valence-electron chi connectivity index (χ2n) is 5.92. The van der Waals surface area contributed by atoms with Crippen molar-refractivity contribution in [3.05, 3.63) is 82.4 Å². The fraction of sp³-hybridized carbons (Fsp3) is 0.150. The number of nitrogens with one attached hydrogen (secondary N) is 1. The minimum atomic E-state index is -0.409. The molecule has 0 unspecified atom stereocenters. The van der Waals surface area contributed by atoms with Gasteiger partial charge in [0.15, 0.2) is 0 Å². The molecule has 0 saturated heterocycles. The summed E-state index contributed by atoms with van der Waals surface area (Å²) in [7, 11) is 0. The number of fused-ring (bicyclic) bond motifs is 1. The maximum Gasteiger partial charge on any atom is 0.269 e. The molecule has 0 spiro atoms. The first-order valence-corrected chi connectivity index (χ1v) is 9.22. The second-order valence-corrected chi connectivity index (χ2v) is 7.24. The number of rotatable bonds is 6. The molecule has 132 valence electrons. The van der Waals surface area contributed by atoms with Crippen molar-refractivity contribution in [2.24, 2.45) is 0 Å². The van der Waals surface area contributed by atoms with Crippen molar-refractivity contribution in [2.45, 2.75) is 12.2 Å². The zero-order valence-electron chi connectivity index (χ0n) is 14.2. The number of amides is 1. The summed E-state index contributed by atoms with van der Waals surface area (Å²) in [4.78, 5) is 22.7. The van der Waals surface area contributed by atoms with E-state index in [1.54, 1.807) is 12.1 Å². The van der Waals surface area contributed by atoms with Crippen LogP contribution in [0.3, 0.4) is 0 Å². The van der Waals surface area contributed by atoms with Gasteiger partial charge in [-0.25, -0.2) is 0 Å². The summed E-state index contributed by atoms with van der Waals surface area (Å²) >= 11 is 1.45. The lowest BCUT2D eigenvalue weighted by Gasteiger charge is -2.12. The lowest BCUT2D eigenvalue weighted by Crippen LogP contribution is -2.14. The standard InChI is InChI=1S/C20H18N2O3S/c1-14(16-7-4-8-19(12-16)22(24)25)26-13-20(23)21-18-10-9-15-5-2-3-6-17(15)11-18/h2-12,14H,13H2,1H3,(H,21,23)/t14-/m1/s1. The number of non-ortho nitro benzene ring substituents is 1. The Balaban J connectivity index is 1.59. The molecule has 0 aliphatic heterocycles. The van der Waals surface area contributed by atoms with Crippen LogP contribution in [0.1, 0.15) is 17.7 Å². The number of hydrogen-bond donors (Lipinski definition) is 1. The molecule has 0 bridgehead atoms. The first-order valence-electron chi connectivity index (χ1n) is 8.17. The third-order valence-electron chi connectivity index (χ3n) is 4.05. The van der Waals surface area contributed by atoms with E-state index in [9.17, 15) is 14.9 Å². The number of benzene rings is 3. The monoisotopic (exact) mass is 366 g/mol. The maximum atomic E-state index is 12.2. The van der Waals surface area contributed by atoms with Crippen molar-refractivity contribution in [2.75, 3.05) is 11.1 Å². The molecule has 3 aromatic rings. The molecule has 0 heterocycles. The Morgan fingerprint density at radius 3 is 2.62 bits per heavy atom. The van der Waals surface area contributed by atoms with E-state index in [-0.39, 0.29) is 22.6 Å². The molecule has 1 amide bonds. The lowest BCUT2D eigenvalue weighted by atomic mass is 10.1. The van der Waals surface area contributed by atoms with Crippen LogP contribution in [0.5, 0.6) is 0 Å². The van der Waals surface area contributed by atoms with Crippen LogP contribution in [-0.2, 0) is 4.79 Å². The Morgan fingerprint density at radius 2 is 1.85 bits per heavy atom. The molecule has 6 heteroatoms.